The Morgan fingerprint density at radius 1 is 1.30 bits per heavy atom. The topological polar surface area (TPSA) is 32.7 Å². The minimum atomic E-state index is -0.527. The molecule has 1 atom stereocenters. The first-order chi connectivity index (χ1) is 9.56. The zero-order valence-electron chi connectivity index (χ0n) is 13.1. The number of para-hydroxylation sites is 1. The average molecular weight is 277 g/mol. The van der Waals surface area contributed by atoms with Gasteiger partial charge in [-0.15, -0.1) is 0 Å². The van der Waals surface area contributed by atoms with Crippen molar-refractivity contribution >= 4 is 0 Å². The molecule has 1 aromatic rings. The molecule has 0 saturated carbocycles. The second-order valence-electron chi connectivity index (χ2n) is 5.90. The molecule has 0 radical (unpaired) electrons. The van der Waals surface area contributed by atoms with Gasteiger partial charge in [0.25, 0.3) is 0 Å². The molecule has 2 rings (SSSR count). The van der Waals surface area contributed by atoms with E-state index in [1.165, 1.54) is 5.56 Å². The van der Waals surface area contributed by atoms with Gasteiger partial charge in [0, 0.05) is 5.56 Å². The molecule has 0 fully saturated rings. The Kier molecular flexibility index (Phi) is 4.71. The standard InChI is InChI=1S/C17H27NO2/c1-5-17(6-2,18(3)4)16(19)14-11-7-9-13-10-8-12-20-15(13)14/h7,9,11,16,19H,5-6,8,10,12H2,1-4H3. The van der Waals surface area contributed by atoms with Crippen molar-refractivity contribution in [2.24, 2.45) is 0 Å². The number of aryl methyl sites for hydroxylation is 1. The van der Waals surface area contributed by atoms with E-state index < -0.39 is 6.10 Å². The molecule has 0 aromatic heterocycles. The van der Waals surface area contributed by atoms with Crippen molar-refractivity contribution in [1.29, 1.82) is 0 Å². The van der Waals surface area contributed by atoms with Crippen LogP contribution in [-0.2, 0) is 6.42 Å². The molecule has 0 aliphatic carbocycles. The molecule has 1 aliphatic rings. The van der Waals surface area contributed by atoms with Crippen molar-refractivity contribution in [3.05, 3.63) is 29.3 Å². The Labute approximate surface area is 122 Å². The van der Waals surface area contributed by atoms with E-state index >= 15 is 0 Å². The van der Waals surface area contributed by atoms with Crippen molar-refractivity contribution < 1.29 is 9.84 Å². The third-order valence-corrected chi connectivity index (χ3v) is 4.88. The van der Waals surface area contributed by atoms with Gasteiger partial charge >= 0.3 is 0 Å². The molecule has 0 saturated heterocycles. The fraction of sp³-hybridized carbons (Fsp3) is 0.647. The molecule has 1 unspecified atom stereocenters. The van der Waals surface area contributed by atoms with Crippen LogP contribution in [0.2, 0.25) is 0 Å². The number of hydrogen-bond acceptors (Lipinski definition) is 3. The SMILES string of the molecule is CCC(CC)(C(O)c1cccc2c1OCCC2)N(C)C. The van der Waals surface area contributed by atoms with Crippen LogP contribution in [-0.4, -0.2) is 36.2 Å². The Balaban J connectivity index is 2.44. The van der Waals surface area contributed by atoms with Crippen LogP contribution >= 0.6 is 0 Å². The first kappa shape index (κ1) is 15.3. The second kappa shape index (κ2) is 6.15. The lowest BCUT2D eigenvalue weighted by molar-refractivity contribution is -0.0166. The van der Waals surface area contributed by atoms with E-state index in [4.69, 9.17) is 4.74 Å². The lowest BCUT2D eigenvalue weighted by Gasteiger charge is -2.43. The van der Waals surface area contributed by atoms with Crippen molar-refractivity contribution in [3.63, 3.8) is 0 Å². The molecule has 1 N–H and O–H groups in total. The first-order valence-electron chi connectivity index (χ1n) is 7.67. The van der Waals surface area contributed by atoms with Gasteiger partial charge in [0.2, 0.25) is 0 Å². The molecule has 3 heteroatoms. The normalized spacial score (nSPS) is 16.7. The number of ether oxygens (including phenoxy) is 1. The Hall–Kier alpha value is -1.06. The van der Waals surface area contributed by atoms with Crippen molar-refractivity contribution in [3.8, 4) is 5.75 Å². The molecular formula is C17H27NO2. The summed E-state index contributed by atoms with van der Waals surface area (Å²) in [5.74, 6) is 0.916. The smallest absolute Gasteiger partial charge is 0.128 e. The molecule has 3 nitrogen and oxygen atoms in total. The van der Waals surface area contributed by atoms with Crippen LogP contribution in [0.3, 0.4) is 0 Å². The third kappa shape index (κ3) is 2.45. The van der Waals surface area contributed by atoms with Crippen LogP contribution in [0, 0.1) is 0 Å². The van der Waals surface area contributed by atoms with Crippen molar-refractivity contribution in [1.82, 2.24) is 4.90 Å². The molecule has 20 heavy (non-hydrogen) atoms. The van der Waals surface area contributed by atoms with Crippen LogP contribution in [0.25, 0.3) is 0 Å². The predicted molar refractivity (Wildman–Crippen MR) is 82.2 cm³/mol. The zero-order valence-corrected chi connectivity index (χ0v) is 13.1. The highest BCUT2D eigenvalue weighted by atomic mass is 16.5. The lowest BCUT2D eigenvalue weighted by Crippen LogP contribution is -2.48. The molecule has 1 aliphatic heterocycles. The summed E-state index contributed by atoms with van der Waals surface area (Å²) in [6, 6.07) is 6.16. The van der Waals surface area contributed by atoms with Gasteiger partial charge in [-0.05, 0) is 45.3 Å². The van der Waals surface area contributed by atoms with Gasteiger partial charge in [0.15, 0.2) is 0 Å². The summed E-state index contributed by atoms with van der Waals surface area (Å²) in [7, 11) is 4.10. The quantitative estimate of drug-likeness (QED) is 0.897. The highest BCUT2D eigenvalue weighted by Crippen LogP contribution is 2.41. The van der Waals surface area contributed by atoms with Crippen molar-refractivity contribution in [2.45, 2.75) is 51.2 Å². The maximum Gasteiger partial charge on any atom is 0.128 e. The first-order valence-corrected chi connectivity index (χ1v) is 7.67. The number of fused-ring (bicyclic) bond motifs is 1. The number of aliphatic hydroxyl groups excluding tert-OH is 1. The minimum Gasteiger partial charge on any atom is -0.493 e. The van der Waals surface area contributed by atoms with E-state index in [2.05, 4.69) is 24.8 Å². The zero-order chi connectivity index (χ0) is 14.8. The van der Waals surface area contributed by atoms with Gasteiger partial charge in [0.05, 0.1) is 12.1 Å². The van der Waals surface area contributed by atoms with Crippen LogP contribution < -0.4 is 4.74 Å². The van der Waals surface area contributed by atoms with E-state index in [9.17, 15) is 5.11 Å². The van der Waals surface area contributed by atoms with Gasteiger partial charge in [-0.3, -0.25) is 0 Å². The van der Waals surface area contributed by atoms with Gasteiger partial charge in [-0.1, -0.05) is 32.0 Å². The van der Waals surface area contributed by atoms with E-state index in [1.54, 1.807) is 0 Å². The number of likely N-dealkylation sites (N-methyl/N-ethyl adjacent to an activating group) is 1. The van der Waals surface area contributed by atoms with Gasteiger partial charge in [-0.2, -0.15) is 0 Å². The number of hydrogen-bond donors (Lipinski definition) is 1. The number of rotatable bonds is 5. The Morgan fingerprint density at radius 2 is 2.00 bits per heavy atom. The van der Waals surface area contributed by atoms with E-state index in [0.717, 1.165) is 43.6 Å². The number of aliphatic hydroxyl groups is 1. The fourth-order valence-corrected chi connectivity index (χ4v) is 3.43. The molecule has 0 bridgehead atoms. The molecule has 1 aromatic carbocycles. The third-order valence-electron chi connectivity index (χ3n) is 4.88. The van der Waals surface area contributed by atoms with Crippen LogP contribution in [0.4, 0.5) is 0 Å². The molecule has 0 spiro atoms. The summed E-state index contributed by atoms with van der Waals surface area (Å²) in [5.41, 5.74) is 1.93. The fourth-order valence-electron chi connectivity index (χ4n) is 3.43. The molecule has 1 heterocycles. The Morgan fingerprint density at radius 3 is 2.60 bits per heavy atom. The van der Waals surface area contributed by atoms with Gasteiger partial charge in [0.1, 0.15) is 11.9 Å². The number of benzene rings is 1. The summed E-state index contributed by atoms with van der Waals surface area (Å²) in [6.45, 7) is 5.04. The van der Waals surface area contributed by atoms with E-state index in [0.29, 0.717) is 0 Å². The summed E-state index contributed by atoms with van der Waals surface area (Å²) in [4.78, 5) is 2.15. The van der Waals surface area contributed by atoms with Crippen LogP contribution in [0.15, 0.2) is 18.2 Å². The Bertz CT molecular complexity index is 452. The lowest BCUT2D eigenvalue weighted by atomic mass is 9.80. The number of nitrogens with zero attached hydrogens (tertiary/aromatic N) is 1. The monoisotopic (exact) mass is 277 g/mol. The highest BCUT2D eigenvalue weighted by molar-refractivity contribution is 5.45. The van der Waals surface area contributed by atoms with E-state index in [1.807, 2.05) is 26.2 Å². The molecule has 112 valence electrons. The van der Waals surface area contributed by atoms with E-state index in [-0.39, 0.29) is 5.54 Å². The van der Waals surface area contributed by atoms with Crippen LogP contribution in [0.1, 0.15) is 50.3 Å². The maximum atomic E-state index is 11.0. The summed E-state index contributed by atoms with van der Waals surface area (Å²) in [6.07, 6.45) is 3.39. The average Bonchev–Trinajstić information content (AvgIpc) is 2.48. The summed E-state index contributed by atoms with van der Waals surface area (Å²) in [5, 5.41) is 11.0. The van der Waals surface area contributed by atoms with Crippen LogP contribution in [0.5, 0.6) is 5.75 Å². The molecular weight excluding hydrogens is 250 g/mol. The second-order valence-corrected chi connectivity index (χ2v) is 5.90. The van der Waals surface area contributed by atoms with Gasteiger partial charge in [-0.25, -0.2) is 0 Å². The van der Waals surface area contributed by atoms with Crippen molar-refractivity contribution in [2.75, 3.05) is 20.7 Å². The molecule has 0 amide bonds. The minimum absolute atomic E-state index is 0.240. The summed E-state index contributed by atoms with van der Waals surface area (Å²) < 4.78 is 5.86. The highest BCUT2D eigenvalue weighted by Gasteiger charge is 2.39. The predicted octanol–water partition coefficient (Wildman–Crippen LogP) is 3.17. The van der Waals surface area contributed by atoms with Gasteiger partial charge < -0.3 is 14.7 Å². The summed E-state index contributed by atoms with van der Waals surface area (Å²) >= 11 is 0. The maximum absolute atomic E-state index is 11.0. The largest absolute Gasteiger partial charge is 0.493 e.